The van der Waals surface area contributed by atoms with Crippen LogP contribution in [0, 0.1) is 41.4 Å². The van der Waals surface area contributed by atoms with Crippen LogP contribution in [0.15, 0.2) is 24.3 Å². The third-order valence-electron chi connectivity index (χ3n) is 6.09. The second-order valence-corrected chi connectivity index (χ2v) is 6.76. The van der Waals surface area contributed by atoms with Gasteiger partial charge in [-0.05, 0) is 60.7 Å². The van der Waals surface area contributed by atoms with E-state index < -0.39 is 5.97 Å². The summed E-state index contributed by atoms with van der Waals surface area (Å²) in [4.78, 5) is 14.6. The SMILES string of the molecule is O=C(C/C=C\C1CC2CC1C1C3C=CC(C3)C21)OO. The van der Waals surface area contributed by atoms with Crippen molar-refractivity contribution in [3.63, 3.8) is 0 Å². The predicted octanol–water partition coefficient (Wildman–Crippen LogP) is 3.04. The van der Waals surface area contributed by atoms with E-state index in [1.165, 1.54) is 19.3 Å². The fourth-order valence-corrected chi connectivity index (χ4v) is 5.66. The summed E-state index contributed by atoms with van der Waals surface area (Å²) in [7, 11) is 0. The molecule has 0 aromatic carbocycles. The van der Waals surface area contributed by atoms with Crippen molar-refractivity contribution in [2.75, 3.05) is 0 Å². The van der Waals surface area contributed by atoms with Crippen molar-refractivity contribution in [1.29, 1.82) is 0 Å². The molecule has 4 aliphatic carbocycles. The first-order valence-corrected chi connectivity index (χ1v) is 7.47. The zero-order valence-electron chi connectivity index (χ0n) is 10.9. The van der Waals surface area contributed by atoms with Gasteiger partial charge in [0.1, 0.15) is 0 Å². The lowest BCUT2D eigenvalue weighted by Crippen LogP contribution is -2.30. The van der Waals surface area contributed by atoms with Gasteiger partial charge in [0.05, 0.1) is 6.42 Å². The van der Waals surface area contributed by atoms with Crippen molar-refractivity contribution >= 4 is 5.97 Å². The molecule has 7 unspecified atom stereocenters. The second kappa shape index (κ2) is 4.20. The Balaban J connectivity index is 1.45. The molecular formula is C16H20O3. The minimum absolute atomic E-state index is 0.185. The Kier molecular flexibility index (Phi) is 2.59. The van der Waals surface area contributed by atoms with Crippen molar-refractivity contribution < 1.29 is 14.9 Å². The Labute approximate surface area is 113 Å². The topological polar surface area (TPSA) is 46.5 Å². The van der Waals surface area contributed by atoms with E-state index in [1.807, 2.05) is 6.08 Å². The second-order valence-electron chi connectivity index (χ2n) is 6.76. The number of allylic oxidation sites excluding steroid dienone is 3. The van der Waals surface area contributed by atoms with Gasteiger partial charge >= 0.3 is 5.97 Å². The lowest BCUT2D eigenvalue weighted by Gasteiger charge is -2.35. The van der Waals surface area contributed by atoms with Crippen molar-refractivity contribution in [1.82, 2.24) is 0 Å². The lowest BCUT2D eigenvalue weighted by molar-refractivity contribution is -0.233. The Morgan fingerprint density at radius 3 is 2.79 bits per heavy atom. The fourth-order valence-electron chi connectivity index (χ4n) is 5.66. The summed E-state index contributed by atoms with van der Waals surface area (Å²) in [6, 6.07) is 0. The molecule has 7 atom stereocenters. The monoisotopic (exact) mass is 260 g/mol. The molecule has 3 heteroatoms. The molecule has 4 rings (SSSR count). The maximum Gasteiger partial charge on any atom is 0.345 e. The first-order valence-electron chi connectivity index (χ1n) is 7.47. The predicted molar refractivity (Wildman–Crippen MR) is 69.9 cm³/mol. The largest absolute Gasteiger partial charge is 0.345 e. The van der Waals surface area contributed by atoms with E-state index in [2.05, 4.69) is 23.1 Å². The Bertz CT molecular complexity index is 453. The van der Waals surface area contributed by atoms with Gasteiger partial charge in [0.2, 0.25) is 0 Å². The standard InChI is InChI=1S/C16H20O3/c17-14(19-18)3-1-2-9-6-12-8-13(9)16-11-5-4-10(7-11)15(12)16/h1-2,4-5,9-13,15-16,18H,3,6-8H2/b2-1-. The van der Waals surface area contributed by atoms with Gasteiger partial charge in [-0.25, -0.2) is 4.79 Å². The summed E-state index contributed by atoms with van der Waals surface area (Å²) in [6.07, 6.45) is 13.3. The minimum Gasteiger partial charge on any atom is -0.301 e. The van der Waals surface area contributed by atoms with Crippen molar-refractivity contribution in [3.05, 3.63) is 24.3 Å². The summed E-state index contributed by atoms with van der Waals surface area (Å²) in [5.74, 6) is 5.40. The molecule has 1 N–H and O–H groups in total. The van der Waals surface area contributed by atoms with Crippen LogP contribution in [-0.2, 0) is 9.68 Å². The van der Waals surface area contributed by atoms with Crippen LogP contribution in [0.1, 0.15) is 25.7 Å². The molecule has 4 bridgehead atoms. The summed E-state index contributed by atoms with van der Waals surface area (Å²) in [5.41, 5.74) is 0. The van der Waals surface area contributed by atoms with Crippen LogP contribution in [0.25, 0.3) is 0 Å². The van der Waals surface area contributed by atoms with E-state index in [1.54, 1.807) is 0 Å². The average molecular weight is 260 g/mol. The molecule has 3 nitrogen and oxygen atoms in total. The van der Waals surface area contributed by atoms with Crippen LogP contribution >= 0.6 is 0 Å². The molecule has 4 aliphatic rings. The van der Waals surface area contributed by atoms with Gasteiger partial charge in [-0.15, -0.1) is 0 Å². The number of hydrogen-bond donors (Lipinski definition) is 1. The molecule has 0 saturated heterocycles. The quantitative estimate of drug-likeness (QED) is 0.367. The molecule has 19 heavy (non-hydrogen) atoms. The molecule has 0 spiro atoms. The van der Waals surface area contributed by atoms with Crippen LogP contribution in [0.5, 0.6) is 0 Å². The van der Waals surface area contributed by atoms with Gasteiger partial charge in [0.25, 0.3) is 0 Å². The average Bonchev–Trinajstić information content (AvgIpc) is 3.16. The smallest absolute Gasteiger partial charge is 0.301 e. The van der Waals surface area contributed by atoms with Gasteiger partial charge < -0.3 is 4.89 Å². The first-order chi connectivity index (χ1) is 9.28. The summed E-state index contributed by atoms with van der Waals surface area (Å²) in [6.45, 7) is 0. The van der Waals surface area contributed by atoms with Gasteiger partial charge in [-0.3, -0.25) is 0 Å². The van der Waals surface area contributed by atoms with Crippen LogP contribution in [0.3, 0.4) is 0 Å². The molecule has 0 aliphatic heterocycles. The van der Waals surface area contributed by atoms with Crippen LogP contribution in [-0.4, -0.2) is 11.2 Å². The van der Waals surface area contributed by atoms with Crippen LogP contribution < -0.4 is 0 Å². The third-order valence-corrected chi connectivity index (χ3v) is 6.09. The summed E-state index contributed by atoms with van der Waals surface area (Å²) >= 11 is 0. The summed E-state index contributed by atoms with van der Waals surface area (Å²) < 4.78 is 0. The first kappa shape index (κ1) is 11.7. The number of fused-ring (bicyclic) bond motifs is 9. The molecule has 3 fully saturated rings. The number of rotatable bonds is 3. The number of carbonyl (C=O) groups excluding carboxylic acids is 1. The van der Waals surface area contributed by atoms with Gasteiger partial charge in [0, 0.05) is 0 Å². The molecule has 0 heterocycles. The van der Waals surface area contributed by atoms with E-state index in [4.69, 9.17) is 5.26 Å². The van der Waals surface area contributed by atoms with Crippen LogP contribution in [0.4, 0.5) is 0 Å². The maximum atomic E-state index is 10.9. The van der Waals surface area contributed by atoms with Crippen LogP contribution in [0.2, 0.25) is 0 Å². The molecule has 0 amide bonds. The molecule has 102 valence electrons. The van der Waals surface area contributed by atoms with E-state index in [-0.39, 0.29) is 6.42 Å². The lowest BCUT2D eigenvalue weighted by atomic mass is 9.69. The van der Waals surface area contributed by atoms with E-state index in [0.29, 0.717) is 5.92 Å². The van der Waals surface area contributed by atoms with Gasteiger partial charge in [-0.1, -0.05) is 24.3 Å². The van der Waals surface area contributed by atoms with E-state index in [0.717, 1.165) is 35.5 Å². The molecule has 3 saturated carbocycles. The third kappa shape index (κ3) is 1.64. The van der Waals surface area contributed by atoms with Crippen molar-refractivity contribution in [2.24, 2.45) is 41.4 Å². The zero-order valence-corrected chi connectivity index (χ0v) is 10.9. The van der Waals surface area contributed by atoms with Gasteiger partial charge in [-0.2, -0.15) is 5.26 Å². The van der Waals surface area contributed by atoms with Gasteiger partial charge in [0.15, 0.2) is 0 Å². The zero-order chi connectivity index (χ0) is 13.0. The molecule has 0 aromatic heterocycles. The maximum absolute atomic E-state index is 10.9. The normalized spacial score (nSPS) is 49.2. The summed E-state index contributed by atoms with van der Waals surface area (Å²) in [5, 5.41) is 8.24. The highest BCUT2D eigenvalue weighted by Crippen LogP contribution is 2.67. The van der Waals surface area contributed by atoms with E-state index >= 15 is 0 Å². The van der Waals surface area contributed by atoms with Crippen molar-refractivity contribution in [2.45, 2.75) is 25.7 Å². The Morgan fingerprint density at radius 2 is 2.00 bits per heavy atom. The number of carbonyl (C=O) groups is 1. The fraction of sp³-hybridized carbons (Fsp3) is 0.688. The van der Waals surface area contributed by atoms with Crippen molar-refractivity contribution in [3.8, 4) is 0 Å². The van der Waals surface area contributed by atoms with E-state index in [9.17, 15) is 4.79 Å². The Morgan fingerprint density at radius 1 is 1.21 bits per heavy atom. The highest BCUT2D eigenvalue weighted by molar-refractivity contribution is 5.70. The number of hydrogen-bond acceptors (Lipinski definition) is 3. The molecular weight excluding hydrogens is 240 g/mol. The Hall–Kier alpha value is -1.09. The minimum atomic E-state index is -0.569. The molecule has 0 aromatic rings. The highest BCUT2D eigenvalue weighted by Gasteiger charge is 2.60. The highest BCUT2D eigenvalue weighted by atomic mass is 17.1. The molecule has 0 radical (unpaired) electrons.